The summed E-state index contributed by atoms with van der Waals surface area (Å²) >= 11 is 10.9. The van der Waals surface area contributed by atoms with E-state index in [1.54, 1.807) is 31.3 Å². The summed E-state index contributed by atoms with van der Waals surface area (Å²) in [7, 11) is -0.398. The highest BCUT2D eigenvalue weighted by molar-refractivity contribution is 7.95. The Morgan fingerprint density at radius 2 is 1.04 bits per heavy atom. The third kappa shape index (κ3) is 9.34. The van der Waals surface area contributed by atoms with Crippen molar-refractivity contribution in [3.8, 4) is 5.75 Å². The van der Waals surface area contributed by atoms with E-state index >= 15 is 0 Å². The van der Waals surface area contributed by atoms with Crippen LogP contribution < -0.4 is 37.4 Å². The van der Waals surface area contributed by atoms with Gasteiger partial charge in [-0.1, -0.05) is 84.9 Å². The van der Waals surface area contributed by atoms with Gasteiger partial charge in [-0.15, -0.1) is 0 Å². The van der Waals surface area contributed by atoms with Gasteiger partial charge in [-0.3, -0.25) is 10.9 Å². The summed E-state index contributed by atoms with van der Waals surface area (Å²) in [5.41, 5.74) is 8.35. The fourth-order valence-corrected chi connectivity index (χ4v) is 9.17. The summed E-state index contributed by atoms with van der Waals surface area (Å²) in [4.78, 5) is 0. The third-order valence-electron chi connectivity index (χ3n) is 7.59. The molecule has 0 saturated heterocycles. The van der Waals surface area contributed by atoms with Gasteiger partial charge in [0.05, 0.1) is 6.61 Å². The van der Waals surface area contributed by atoms with Gasteiger partial charge in [0, 0.05) is 24.7 Å². The molecule has 8 nitrogen and oxygen atoms in total. The van der Waals surface area contributed by atoms with Crippen molar-refractivity contribution in [1.29, 1.82) is 0 Å². The molecule has 0 saturated carbocycles. The van der Waals surface area contributed by atoms with Crippen LogP contribution in [0, 0.1) is 0 Å². The van der Waals surface area contributed by atoms with E-state index in [1.165, 1.54) is 15.9 Å². The molecule has 0 heterocycles. The quantitative estimate of drug-likeness (QED) is 0.0383. The smallest absolute Gasteiger partial charge is 0.187 e. The van der Waals surface area contributed by atoms with Crippen LogP contribution in [0.1, 0.15) is 11.1 Å². The molecule has 5 aromatic rings. The molecule has 49 heavy (non-hydrogen) atoms. The molecule has 5 rings (SSSR count). The van der Waals surface area contributed by atoms with E-state index in [-0.39, 0.29) is 5.75 Å². The first-order valence-electron chi connectivity index (χ1n) is 15.7. The van der Waals surface area contributed by atoms with Crippen LogP contribution in [0.4, 0.5) is 0 Å². The van der Waals surface area contributed by atoms with Crippen molar-refractivity contribution in [1.82, 2.24) is 21.5 Å². The van der Waals surface area contributed by atoms with Crippen molar-refractivity contribution >= 4 is 69.3 Å². The second-order valence-corrected chi connectivity index (χ2v) is 15.0. The summed E-state index contributed by atoms with van der Waals surface area (Å²) in [6.07, 6.45) is 0.539. The van der Waals surface area contributed by atoms with E-state index in [2.05, 4.69) is 104 Å². The molecule has 0 spiro atoms. The van der Waals surface area contributed by atoms with Crippen LogP contribution in [0.5, 0.6) is 5.75 Å². The zero-order chi connectivity index (χ0) is 34.3. The zero-order valence-electron chi connectivity index (χ0n) is 27.0. The van der Waals surface area contributed by atoms with Gasteiger partial charge in [-0.2, -0.15) is 10.2 Å². The molecule has 0 aliphatic carbocycles. The van der Waals surface area contributed by atoms with Crippen molar-refractivity contribution < 1.29 is 9.84 Å². The number of aromatic hydroxyl groups is 1. The minimum absolute atomic E-state index is 0.140. The molecule has 5 aromatic carbocycles. The fraction of sp³-hybridized carbons (Fsp3) is 0.105. The van der Waals surface area contributed by atoms with Crippen LogP contribution in [0.2, 0.25) is 0 Å². The highest BCUT2D eigenvalue weighted by Gasteiger charge is 2.45. The van der Waals surface area contributed by atoms with Crippen molar-refractivity contribution in [3.05, 3.63) is 157 Å². The summed E-state index contributed by atoms with van der Waals surface area (Å²) in [5.74, 6) is 0.140. The van der Waals surface area contributed by atoms with Crippen LogP contribution in [-0.2, 0) is 4.74 Å². The van der Waals surface area contributed by atoms with Gasteiger partial charge in [-0.25, -0.2) is 0 Å². The number of hydrazone groups is 2. The highest BCUT2D eigenvalue weighted by Crippen LogP contribution is 2.55. The van der Waals surface area contributed by atoms with Gasteiger partial charge >= 0.3 is 0 Å². The molecule has 0 radical (unpaired) electrons. The average Bonchev–Trinajstić information content (AvgIpc) is 3.16. The fourth-order valence-electron chi connectivity index (χ4n) is 5.19. The van der Waals surface area contributed by atoms with Crippen molar-refractivity contribution in [2.45, 2.75) is 0 Å². The SMILES string of the molecule is CNC(=S)NN=C(C(=NNC(=S)NCCOC[P+](c1ccccc1)(c1ccccc1)c1ccccc1)c1ccccc1)c1ccc(O)cc1. The topological polar surface area (TPSA) is 102 Å². The predicted molar refractivity (Wildman–Crippen MR) is 212 cm³/mol. The van der Waals surface area contributed by atoms with E-state index in [4.69, 9.17) is 29.2 Å². The number of phenolic OH excluding ortho intramolecular Hbond substituents is 1. The highest BCUT2D eigenvalue weighted by atomic mass is 32.1. The van der Waals surface area contributed by atoms with Gasteiger partial charge < -0.3 is 20.5 Å². The molecule has 0 aliphatic heterocycles. The molecule has 0 unspecified atom stereocenters. The minimum atomic E-state index is -2.11. The Bertz CT molecular complexity index is 1760. The van der Waals surface area contributed by atoms with Gasteiger partial charge in [-0.05, 0) is 85.1 Å². The Morgan fingerprint density at radius 3 is 1.51 bits per heavy atom. The lowest BCUT2D eigenvalue weighted by Gasteiger charge is -2.27. The number of rotatable bonds is 13. The van der Waals surface area contributed by atoms with Gasteiger partial charge in [0.1, 0.15) is 40.3 Å². The predicted octanol–water partition coefficient (Wildman–Crippen LogP) is 5.03. The molecule has 0 atom stereocenters. The Balaban J connectivity index is 1.31. The number of benzene rings is 5. The Morgan fingerprint density at radius 1 is 0.612 bits per heavy atom. The van der Waals surface area contributed by atoms with Crippen molar-refractivity contribution in [2.24, 2.45) is 10.2 Å². The van der Waals surface area contributed by atoms with Crippen LogP contribution in [0.15, 0.2) is 156 Å². The Labute approximate surface area is 298 Å². The lowest BCUT2D eigenvalue weighted by atomic mass is 10.00. The van der Waals surface area contributed by atoms with E-state index in [0.717, 1.165) is 5.56 Å². The number of ether oxygens (including phenoxy) is 1. The van der Waals surface area contributed by atoms with Crippen molar-refractivity contribution in [2.75, 3.05) is 26.5 Å². The lowest BCUT2D eigenvalue weighted by Crippen LogP contribution is -2.37. The number of nitrogens with zero attached hydrogens (tertiary/aromatic N) is 2. The van der Waals surface area contributed by atoms with Gasteiger partial charge in [0.25, 0.3) is 0 Å². The number of phenols is 1. The van der Waals surface area contributed by atoms with Gasteiger partial charge in [0.2, 0.25) is 0 Å². The normalized spacial score (nSPS) is 11.8. The molecule has 0 amide bonds. The van der Waals surface area contributed by atoms with Crippen LogP contribution in [0.25, 0.3) is 0 Å². The lowest BCUT2D eigenvalue weighted by molar-refractivity contribution is 0.185. The molecule has 0 bridgehead atoms. The Hall–Kier alpha value is -4.99. The van der Waals surface area contributed by atoms with Gasteiger partial charge in [0.15, 0.2) is 16.6 Å². The van der Waals surface area contributed by atoms with Crippen molar-refractivity contribution in [3.63, 3.8) is 0 Å². The maximum atomic E-state index is 9.90. The molecule has 248 valence electrons. The molecule has 0 aliphatic rings. The second kappa shape index (κ2) is 18.0. The molecule has 0 aromatic heterocycles. The number of nitrogens with one attached hydrogen (secondary N) is 4. The molecule has 11 heteroatoms. The largest absolute Gasteiger partial charge is 0.508 e. The third-order valence-corrected chi connectivity index (χ3v) is 12.2. The van der Waals surface area contributed by atoms with E-state index in [0.29, 0.717) is 46.7 Å². The summed E-state index contributed by atoms with van der Waals surface area (Å²) < 4.78 is 6.48. The number of hydrogen-bond acceptors (Lipinski definition) is 6. The zero-order valence-corrected chi connectivity index (χ0v) is 29.5. The Kier molecular flexibility index (Phi) is 12.9. The summed E-state index contributed by atoms with van der Waals surface area (Å²) in [5, 5.41) is 29.7. The minimum Gasteiger partial charge on any atom is -0.508 e. The number of thiocarbonyl (C=S) groups is 2. The molecule has 5 N–H and O–H groups in total. The first-order valence-corrected chi connectivity index (χ1v) is 18.4. The van der Waals surface area contributed by atoms with Crippen LogP contribution in [0.3, 0.4) is 0 Å². The average molecular weight is 706 g/mol. The van der Waals surface area contributed by atoms with E-state index in [9.17, 15) is 5.11 Å². The van der Waals surface area contributed by atoms with Crippen LogP contribution in [-0.4, -0.2) is 53.3 Å². The monoisotopic (exact) mass is 705 g/mol. The first kappa shape index (κ1) is 35.3. The molecule has 0 fully saturated rings. The molecular formula is C38H38N6O2PS2+. The summed E-state index contributed by atoms with van der Waals surface area (Å²) in [6, 6.07) is 48.2. The summed E-state index contributed by atoms with van der Waals surface area (Å²) in [6.45, 7) is 0.897. The standard InChI is InChI=1S/C38H37N6O2PS2/c1-39-37(48)43-41-36(30-22-24-31(45)25-23-30)35(29-14-6-2-7-15-29)42-44-38(49)40-26-27-46-28-47(32-16-8-3-9-17-32,33-18-10-4-11-19-33)34-20-12-5-13-21-34/h2-25H,26-28H2,1H3,(H4-,39,40,41,42,43,44,45,48,49)/p+1. The van der Waals surface area contributed by atoms with E-state index in [1.807, 2.05) is 48.5 Å². The maximum Gasteiger partial charge on any atom is 0.187 e. The first-order chi connectivity index (χ1) is 24.0. The van der Waals surface area contributed by atoms with E-state index < -0.39 is 7.26 Å². The van der Waals surface area contributed by atoms with Crippen LogP contribution >= 0.6 is 31.7 Å². The number of hydrogen-bond donors (Lipinski definition) is 5. The maximum absolute atomic E-state index is 9.90. The molecular weight excluding hydrogens is 668 g/mol. The second-order valence-electron chi connectivity index (χ2n) is 10.7.